The van der Waals surface area contributed by atoms with Gasteiger partial charge in [-0.1, -0.05) is 0 Å². The first-order valence-electron chi connectivity index (χ1n) is 6.57. The molecular formula is C13H19N3O4S. The molecule has 7 nitrogen and oxygen atoms in total. The highest BCUT2D eigenvalue weighted by Crippen LogP contribution is 2.33. The van der Waals surface area contributed by atoms with Crippen molar-refractivity contribution in [3.05, 3.63) is 18.2 Å². The zero-order valence-electron chi connectivity index (χ0n) is 11.7. The summed E-state index contributed by atoms with van der Waals surface area (Å²) in [7, 11) is -2.42. The Hall–Kier alpha value is -1.64. The summed E-state index contributed by atoms with van der Waals surface area (Å²) in [5, 5.41) is 7.70. The molecule has 116 valence electrons. The first-order valence-corrected chi connectivity index (χ1v) is 8.12. The molecule has 21 heavy (non-hydrogen) atoms. The molecule has 1 fully saturated rings. The number of anilines is 1. The van der Waals surface area contributed by atoms with Gasteiger partial charge in [-0.3, -0.25) is 4.79 Å². The highest BCUT2D eigenvalue weighted by Gasteiger charge is 2.30. The van der Waals surface area contributed by atoms with Gasteiger partial charge in [-0.15, -0.1) is 0 Å². The van der Waals surface area contributed by atoms with Crippen molar-refractivity contribution in [2.45, 2.75) is 30.2 Å². The summed E-state index contributed by atoms with van der Waals surface area (Å²) in [5.41, 5.74) is 6.16. The molecule has 1 unspecified atom stereocenters. The van der Waals surface area contributed by atoms with E-state index in [4.69, 9.17) is 15.6 Å². The SMILES string of the molecule is COc1ccc(S(N)(=O)=O)cc1NC(=O)CC(N)C1CC1. The maximum atomic E-state index is 12.0. The van der Waals surface area contributed by atoms with Gasteiger partial charge in [-0.2, -0.15) is 0 Å². The molecule has 1 amide bonds. The Labute approximate surface area is 123 Å². The second-order valence-electron chi connectivity index (χ2n) is 5.16. The molecule has 1 aromatic rings. The highest BCUT2D eigenvalue weighted by atomic mass is 32.2. The second kappa shape index (κ2) is 6.00. The van der Waals surface area contributed by atoms with Crippen LogP contribution in [-0.2, 0) is 14.8 Å². The summed E-state index contributed by atoms with van der Waals surface area (Å²) >= 11 is 0. The number of hydrogen-bond donors (Lipinski definition) is 3. The predicted octanol–water partition coefficient (Wildman–Crippen LogP) is 0.409. The molecular weight excluding hydrogens is 294 g/mol. The van der Waals surface area contributed by atoms with E-state index in [1.807, 2.05) is 0 Å². The maximum absolute atomic E-state index is 12.0. The lowest BCUT2D eigenvalue weighted by Gasteiger charge is -2.13. The zero-order valence-corrected chi connectivity index (χ0v) is 12.5. The van der Waals surface area contributed by atoms with Gasteiger partial charge in [0.2, 0.25) is 15.9 Å². The lowest BCUT2D eigenvalue weighted by Crippen LogP contribution is -2.29. The van der Waals surface area contributed by atoms with Crippen molar-refractivity contribution in [1.82, 2.24) is 0 Å². The van der Waals surface area contributed by atoms with Crippen molar-refractivity contribution in [1.29, 1.82) is 0 Å². The Morgan fingerprint density at radius 2 is 2.14 bits per heavy atom. The molecule has 0 radical (unpaired) electrons. The minimum atomic E-state index is -3.84. The third-order valence-electron chi connectivity index (χ3n) is 3.42. The number of primary sulfonamides is 1. The van der Waals surface area contributed by atoms with Gasteiger partial charge in [-0.25, -0.2) is 13.6 Å². The summed E-state index contributed by atoms with van der Waals surface area (Å²) in [5.74, 6) is 0.489. The average molecular weight is 313 g/mol. The third kappa shape index (κ3) is 4.16. The summed E-state index contributed by atoms with van der Waals surface area (Å²) in [4.78, 5) is 11.9. The van der Waals surface area contributed by atoms with Crippen molar-refractivity contribution in [3.8, 4) is 5.75 Å². The number of nitrogens with one attached hydrogen (secondary N) is 1. The monoisotopic (exact) mass is 313 g/mol. The number of methoxy groups -OCH3 is 1. The van der Waals surface area contributed by atoms with E-state index in [2.05, 4.69) is 5.32 Å². The Morgan fingerprint density at radius 3 is 2.67 bits per heavy atom. The van der Waals surface area contributed by atoms with E-state index >= 15 is 0 Å². The average Bonchev–Trinajstić information content (AvgIpc) is 3.21. The fourth-order valence-electron chi connectivity index (χ4n) is 2.07. The van der Waals surface area contributed by atoms with Gasteiger partial charge in [0.15, 0.2) is 0 Å². The third-order valence-corrected chi connectivity index (χ3v) is 4.33. The van der Waals surface area contributed by atoms with Gasteiger partial charge in [-0.05, 0) is 37.0 Å². The van der Waals surface area contributed by atoms with Crippen LogP contribution in [0.1, 0.15) is 19.3 Å². The summed E-state index contributed by atoms with van der Waals surface area (Å²) in [6.07, 6.45) is 2.30. The Morgan fingerprint density at radius 1 is 1.48 bits per heavy atom. The Balaban J connectivity index is 2.14. The number of amides is 1. The molecule has 0 spiro atoms. The number of rotatable bonds is 6. The van der Waals surface area contributed by atoms with Gasteiger partial charge in [0.25, 0.3) is 0 Å². The molecule has 0 heterocycles. The minimum Gasteiger partial charge on any atom is -0.495 e. The van der Waals surface area contributed by atoms with Crippen LogP contribution in [0.15, 0.2) is 23.1 Å². The van der Waals surface area contributed by atoms with Crippen LogP contribution < -0.4 is 20.9 Å². The predicted molar refractivity (Wildman–Crippen MR) is 78.3 cm³/mol. The standard InChI is InChI=1S/C13H19N3O4S/c1-20-12-5-4-9(21(15,18)19)6-11(12)16-13(17)7-10(14)8-2-3-8/h4-6,8,10H,2-3,7,14H2,1H3,(H,16,17)(H2,15,18,19). The molecule has 0 aromatic heterocycles. The molecule has 0 aliphatic heterocycles. The van der Waals surface area contributed by atoms with E-state index in [1.165, 1.54) is 25.3 Å². The highest BCUT2D eigenvalue weighted by molar-refractivity contribution is 7.89. The maximum Gasteiger partial charge on any atom is 0.238 e. The molecule has 1 saturated carbocycles. The Bertz CT molecular complexity index is 641. The van der Waals surface area contributed by atoms with E-state index in [-0.39, 0.29) is 29.0 Å². The minimum absolute atomic E-state index is 0.0925. The number of benzene rings is 1. The van der Waals surface area contributed by atoms with E-state index in [1.54, 1.807) is 0 Å². The summed E-state index contributed by atoms with van der Waals surface area (Å²) < 4.78 is 27.8. The van der Waals surface area contributed by atoms with Crippen molar-refractivity contribution in [3.63, 3.8) is 0 Å². The van der Waals surface area contributed by atoms with Crippen LogP contribution in [0, 0.1) is 5.92 Å². The van der Waals surface area contributed by atoms with Crippen molar-refractivity contribution in [2.75, 3.05) is 12.4 Å². The molecule has 8 heteroatoms. The fourth-order valence-corrected chi connectivity index (χ4v) is 2.61. The van der Waals surface area contributed by atoms with Crippen LogP contribution in [-0.4, -0.2) is 27.5 Å². The molecule has 2 rings (SSSR count). The van der Waals surface area contributed by atoms with Gasteiger partial charge in [0, 0.05) is 12.5 Å². The first-order chi connectivity index (χ1) is 9.81. The van der Waals surface area contributed by atoms with Gasteiger partial charge < -0.3 is 15.8 Å². The number of ether oxygens (including phenoxy) is 1. The van der Waals surface area contributed by atoms with Gasteiger partial charge in [0.05, 0.1) is 17.7 Å². The number of nitrogens with two attached hydrogens (primary N) is 2. The molecule has 5 N–H and O–H groups in total. The first kappa shape index (κ1) is 15.7. The van der Waals surface area contributed by atoms with Crippen LogP contribution >= 0.6 is 0 Å². The largest absolute Gasteiger partial charge is 0.495 e. The fraction of sp³-hybridized carbons (Fsp3) is 0.462. The molecule has 0 saturated heterocycles. The van der Waals surface area contributed by atoms with Crippen LogP contribution in [0.2, 0.25) is 0 Å². The number of hydrogen-bond acceptors (Lipinski definition) is 5. The lowest BCUT2D eigenvalue weighted by molar-refractivity contribution is -0.116. The van der Waals surface area contributed by atoms with E-state index in [0.29, 0.717) is 11.7 Å². The van der Waals surface area contributed by atoms with E-state index in [0.717, 1.165) is 12.8 Å². The van der Waals surface area contributed by atoms with Crippen LogP contribution in [0.4, 0.5) is 5.69 Å². The van der Waals surface area contributed by atoms with Crippen LogP contribution in [0.25, 0.3) is 0 Å². The van der Waals surface area contributed by atoms with E-state index in [9.17, 15) is 13.2 Å². The smallest absolute Gasteiger partial charge is 0.238 e. The normalized spacial score (nSPS) is 16.3. The van der Waals surface area contributed by atoms with Crippen LogP contribution in [0.3, 0.4) is 0 Å². The molecule has 1 aliphatic rings. The quantitative estimate of drug-likeness (QED) is 0.701. The topological polar surface area (TPSA) is 125 Å². The van der Waals surface area contributed by atoms with Crippen molar-refractivity contribution >= 4 is 21.6 Å². The van der Waals surface area contributed by atoms with Crippen molar-refractivity contribution < 1.29 is 17.9 Å². The van der Waals surface area contributed by atoms with E-state index < -0.39 is 10.0 Å². The molecule has 1 aliphatic carbocycles. The summed E-state index contributed by atoms with van der Waals surface area (Å²) in [6, 6.07) is 3.86. The number of carbonyl (C=O) groups excluding carboxylic acids is 1. The molecule has 1 aromatic carbocycles. The molecule has 0 bridgehead atoms. The van der Waals surface area contributed by atoms with Gasteiger partial charge in [0.1, 0.15) is 5.75 Å². The second-order valence-corrected chi connectivity index (χ2v) is 6.72. The zero-order chi connectivity index (χ0) is 15.6. The lowest BCUT2D eigenvalue weighted by atomic mass is 10.1. The van der Waals surface area contributed by atoms with Gasteiger partial charge >= 0.3 is 0 Å². The number of carbonyl (C=O) groups is 1. The Kier molecular flexibility index (Phi) is 4.50. The van der Waals surface area contributed by atoms with Crippen LogP contribution in [0.5, 0.6) is 5.75 Å². The van der Waals surface area contributed by atoms with Crippen molar-refractivity contribution in [2.24, 2.45) is 16.8 Å². The molecule has 1 atom stereocenters. The number of sulfonamides is 1. The summed E-state index contributed by atoms with van der Waals surface area (Å²) in [6.45, 7) is 0.